The Balaban J connectivity index is 1.54. The van der Waals surface area contributed by atoms with Crippen molar-refractivity contribution in [2.45, 2.75) is 13.8 Å². The number of nitrogens with zero attached hydrogens (tertiary/aromatic N) is 4. The van der Waals surface area contributed by atoms with E-state index >= 15 is 0 Å². The lowest BCUT2D eigenvalue weighted by Crippen LogP contribution is -2.02. The minimum Gasteiger partial charge on any atom is -0.493 e. The summed E-state index contributed by atoms with van der Waals surface area (Å²) in [5, 5.41) is 4.08. The summed E-state index contributed by atoms with van der Waals surface area (Å²) in [7, 11) is 3.32. The largest absolute Gasteiger partial charge is 0.493 e. The second kappa shape index (κ2) is 11.0. The van der Waals surface area contributed by atoms with Crippen LogP contribution in [-0.4, -0.2) is 34.2 Å². The molecule has 6 rings (SSSR count). The molecule has 0 amide bonds. The molecule has 40 heavy (non-hydrogen) atoms. The quantitative estimate of drug-likeness (QED) is 0.195. The standard InChI is InChI=1S/C32H26N4O2S2/c1-19-29(37-3)27(25-15-9-17-39-25)35-31(33-19)23-13-7-5-11-21(23)22-12-6-8-14-24(22)32-34-20(2)30(38-4)28(36-32)26-16-10-18-40-26/h5-18H,1-4H3. The fraction of sp³-hybridized carbons (Fsp3) is 0.125. The second-order valence-electron chi connectivity index (χ2n) is 9.07. The van der Waals surface area contributed by atoms with Gasteiger partial charge in [-0.25, -0.2) is 19.9 Å². The first kappa shape index (κ1) is 25.9. The van der Waals surface area contributed by atoms with Crippen molar-refractivity contribution in [2.75, 3.05) is 14.2 Å². The Morgan fingerprint density at radius 2 is 0.900 bits per heavy atom. The van der Waals surface area contributed by atoms with Crippen LogP contribution in [0.3, 0.4) is 0 Å². The van der Waals surface area contributed by atoms with Crippen molar-refractivity contribution in [1.29, 1.82) is 0 Å². The minimum atomic E-state index is 0.637. The van der Waals surface area contributed by atoms with Crippen molar-refractivity contribution in [3.8, 4) is 66.5 Å². The van der Waals surface area contributed by atoms with Gasteiger partial charge in [0.1, 0.15) is 11.4 Å². The van der Waals surface area contributed by atoms with Crippen LogP contribution < -0.4 is 9.47 Å². The van der Waals surface area contributed by atoms with Crippen LogP contribution in [-0.2, 0) is 0 Å². The third-order valence-corrected chi connectivity index (χ3v) is 8.37. The molecule has 0 atom stereocenters. The van der Waals surface area contributed by atoms with Gasteiger partial charge in [-0.2, -0.15) is 0 Å². The number of hydrogen-bond donors (Lipinski definition) is 0. The van der Waals surface area contributed by atoms with Crippen molar-refractivity contribution in [3.05, 3.63) is 94.9 Å². The maximum absolute atomic E-state index is 5.71. The van der Waals surface area contributed by atoms with Gasteiger partial charge in [-0.15, -0.1) is 22.7 Å². The topological polar surface area (TPSA) is 70.0 Å². The van der Waals surface area contributed by atoms with E-state index in [-0.39, 0.29) is 0 Å². The number of aryl methyl sites for hydroxylation is 2. The molecule has 0 bridgehead atoms. The van der Waals surface area contributed by atoms with E-state index in [9.17, 15) is 0 Å². The molecule has 6 nitrogen and oxygen atoms in total. The fourth-order valence-corrected chi connectivity index (χ4v) is 6.26. The number of benzene rings is 2. The lowest BCUT2D eigenvalue weighted by Gasteiger charge is -2.16. The monoisotopic (exact) mass is 562 g/mol. The number of rotatable bonds is 7. The highest BCUT2D eigenvalue weighted by molar-refractivity contribution is 7.13. The Morgan fingerprint density at radius 1 is 0.500 bits per heavy atom. The SMILES string of the molecule is COc1c(C)nc(-c2ccccc2-c2ccccc2-c2nc(C)c(OC)c(-c3cccs3)n2)nc1-c1cccs1. The molecule has 0 N–H and O–H groups in total. The molecule has 0 spiro atoms. The average Bonchev–Trinajstić information content (AvgIpc) is 3.72. The fourth-order valence-electron chi connectivity index (χ4n) is 4.84. The van der Waals surface area contributed by atoms with Crippen LogP contribution in [0.2, 0.25) is 0 Å². The van der Waals surface area contributed by atoms with E-state index in [4.69, 9.17) is 29.4 Å². The Hall–Kier alpha value is -4.40. The molecule has 8 heteroatoms. The number of hydrogen-bond acceptors (Lipinski definition) is 8. The number of methoxy groups -OCH3 is 2. The minimum absolute atomic E-state index is 0.637. The number of ether oxygens (including phenoxy) is 2. The molecule has 0 saturated heterocycles. The molecule has 6 aromatic rings. The zero-order valence-electron chi connectivity index (χ0n) is 22.5. The van der Waals surface area contributed by atoms with Gasteiger partial charge in [-0.3, -0.25) is 0 Å². The Labute approximate surface area is 241 Å². The van der Waals surface area contributed by atoms with Gasteiger partial charge in [0.05, 0.1) is 35.4 Å². The Bertz CT molecular complexity index is 1670. The summed E-state index contributed by atoms with van der Waals surface area (Å²) in [6.07, 6.45) is 0. The van der Waals surface area contributed by atoms with Gasteiger partial charge in [0.2, 0.25) is 0 Å². The zero-order valence-corrected chi connectivity index (χ0v) is 24.1. The van der Waals surface area contributed by atoms with E-state index in [1.807, 2.05) is 61.0 Å². The smallest absolute Gasteiger partial charge is 0.167 e. The van der Waals surface area contributed by atoms with E-state index in [1.165, 1.54) is 0 Å². The second-order valence-corrected chi connectivity index (χ2v) is 11.0. The van der Waals surface area contributed by atoms with E-state index in [0.29, 0.717) is 23.1 Å². The summed E-state index contributed by atoms with van der Waals surface area (Å²) < 4.78 is 11.4. The van der Waals surface area contributed by atoms with Gasteiger partial charge in [-0.1, -0.05) is 60.7 Å². The molecule has 0 aliphatic rings. The van der Waals surface area contributed by atoms with Gasteiger partial charge in [-0.05, 0) is 47.9 Å². The molecule has 0 saturated carbocycles. The first-order valence-corrected chi connectivity index (χ1v) is 14.5. The zero-order chi connectivity index (χ0) is 27.6. The summed E-state index contributed by atoms with van der Waals surface area (Å²) in [4.78, 5) is 21.9. The predicted octanol–water partition coefficient (Wildman–Crippen LogP) is 8.36. The number of aromatic nitrogens is 4. The highest BCUT2D eigenvalue weighted by Crippen LogP contribution is 2.41. The van der Waals surface area contributed by atoms with E-state index < -0.39 is 0 Å². The molecule has 2 aromatic carbocycles. The van der Waals surface area contributed by atoms with Crippen molar-refractivity contribution in [1.82, 2.24) is 19.9 Å². The molecule has 4 aromatic heterocycles. The molecule has 0 aliphatic carbocycles. The lowest BCUT2D eigenvalue weighted by molar-refractivity contribution is 0.409. The van der Waals surface area contributed by atoms with Crippen LogP contribution in [0.1, 0.15) is 11.4 Å². The Morgan fingerprint density at radius 3 is 1.25 bits per heavy atom. The molecule has 0 aliphatic heterocycles. The normalized spacial score (nSPS) is 11.0. The van der Waals surface area contributed by atoms with Crippen LogP contribution in [0.15, 0.2) is 83.6 Å². The summed E-state index contributed by atoms with van der Waals surface area (Å²) in [6, 6.07) is 24.5. The van der Waals surface area contributed by atoms with Gasteiger partial charge < -0.3 is 9.47 Å². The van der Waals surface area contributed by atoms with Gasteiger partial charge >= 0.3 is 0 Å². The van der Waals surface area contributed by atoms with E-state index in [2.05, 4.69) is 36.4 Å². The van der Waals surface area contributed by atoms with Crippen LogP contribution in [0.4, 0.5) is 0 Å². The van der Waals surface area contributed by atoms with Crippen LogP contribution in [0.5, 0.6) is 11.5 Å². The van der Waals surface area contributed by atoms with Gasteiger partial charge in [0.15, 0.2) is 23.1 Å². The lowest BCUT2D eigenvalue weighted by atomic mass is 9.94. The molecular formula is C32H26N4O2S2. The van der Waals surface area contributed by atoms with Crippen molar-refractivity contribution in [2.24, 2.45) is 0 Å². The molecule has 198 valence electrons. The third kappa shape index (κ3) is 4.65. The highest BCUT2D eigenvalue weighted by atomic mass is 32.1. The molecule has 0 unspecified atom stereocenters. The van der Waals surface area contributed by atoms with Crippen molar-refractivity contribution >= 4 is 22.7 Å². The summed E-state index contributed by atoms with van der Waals surface area (Å²) in [6.45, 7) is 3.91. The number of thiophene rings is 2. The maximum Gasteiger partial charge on any atom is 0.167 e. The summed E-state index contributed by atoms with van der Waals surface area (Å²) >= 11 is 3.25. The van der Waals surface area contributed by atoms with Gasteiger partial charge in [0.25, 0.3) is 0 Å². The maximum atomic E-state index is 5.71. The van der Waals surface area contributed by atoms with E-state index in [1.54, 1.807) is 36.9 Å². The van der Waals surface area contributed by atoms with Gasteiger partial charge in [0, 0.05) is 11.1 Å². The van der Waals surface area contributed by atoms with Crippen molar-refractivity contribution < 1.29 is 9.47 Å². The van der Waals surface area contributed by atoms with Crippen LogP contribution in [0.25, 0.3) is 55.0 Å². The summed E-state index contributed by atoms with van der Waals surface area (Å²) in [5.74, 6) is 2.65. The average molecular weight is 563 g/mol. The molecule has 4 heterocycles. The summed E-state index contributed by atoms with van der Waals surface area (Å²) in [5.41, 5.74) is 6.98. The first-order valence-electron chi connectivity index (χ1n) is 12.7. The van der Waals surface area contributed by atoms with Crippen molar-refractivity contribution in [3.63, 3.8) is 0 Å². The van der Waals surface area contributed by atoms with Crippen LogP contribution >= 0.6 is 22.7 Å². The highest BCUT2D eigenvalue weighted by Gasteiger charge is 2.21. The molecule has 0 radical (unpaired) electrons. The predicted molar refractivity (Wildman–Crippen MR) is 163 cm³/mol. The molecule has 0 fully saturated rings. The van der Waals surface area contributed by atoms with Crippen LogP contribution in [0, 0.1) is 13.8 Å². The first-order chi connectivity index (χ1) is 19.6. The van der Waals surface area contributed by atoms with E-state index in [0.717, 1.165) is 54.8 Å². The third-order valence-electron chi connectivity index (χ3n) is 6.61. The Kier molecular flexibility index (Phi) is 7.11. The molecular weight excluding hydrogens is 537 g/mol.